The van der Waals surface area contributed by atoms with Crippen LogP contribution in [0.1, 0.15) is 12.6 Å². The molecule has 0 saturated heterocycles. The molecule has 4 N–H and O–H groups in total. The van der Waals surface area contributed by atoms with E-state index in [0.29, 0.717) is 30.1 Å². The molecule has 0 aromatic carbocycles. The number of aromatic amines is 1. The number of aromatic nitrogens is 1. The quantitative estimate of drug-likeness (QED) is 0.482. The number of nitrogens with one attached hydrogen (secondary N) is 3. The van der Waals surface area contributed by atoms with Gasteiger partial charge in [0.25, 0.3) is 10.0 Å². The van der Waals surface area contributed by atoms with Gasteiger partial charge >= 0.3 is 4.87 Å². The lowest BCUT2D eigenvalue weighted by atomic mass is 10.4. The topological polar surface area (TPSA) is 111 Å². The van der Waals surface area contributed by atoms with E-state index in [1.807, 2.05) is 0 Å². The molecule has 1 aromatic rings. The van der Waals surface area contributed by atoms with Crippen molar-refractivity contribution in [3.8, 4) is 0 Å². The van der Waals surface area contributed by atoms with Gasteiger partial charge in [-0.3, -0.25) is 4.79 Å². The Morgan fingerprint density at radius 2 is 2.11 bits per heavy atom. The Morgan fingerprint density at radius 3 is 2.61 bits per heavy atom. The largest absolute Gasteiger partial charge is 0.392 e. The van der Waals surface area contributed by atoms with Crippen LogP contribution in [0, 0.1) is 6.92 Å². The molecule has 0 fully saturated rings. The van der Waals surface area contributed by atoms with Crippen LogP contribution in [0.3, 0.4) is 0 Å². The van der Waals surface area contributed by atoms with Crippen molar-refractivity contribution in [2.45, 2.75) is 24.2 Å². The van der Waals surface area contributed by atoms with Gasteiger partial charge in [0.15, 0.2) is 4.21 Å². The monoisotopic (exact) mass is 295 g/mol. The van der Waals surface area contributed by atoms with E-state index in [9.17, 15) is 13.2 Å². The van der Waals surface area contributed by atoms with Crippen molar-refractivity contribution in [3.05, 3.63) is 15.4 Å². The minimum absolute atomic E-state index is 0.0167. The molecule has 0 saturated carbocycles. The molecule has 0 amide bonds. The van der Waals surface area contributed by atoms with E-state index in [2.05, 4.69) is 15.0 Å². The van der Waals surface area contributed by atoms with E-state index in [0.717, 1.165) is 0 Å². The highest BCUT2D eigenvalue weighted by Gasteiger charge is 2.19. The molecule has 0 spiro atoms. The Bertz CT molecular complexity index is 532. The van der Waals surface area contributed by atoms with Gasteiger partial charge in [-0.05, 0) is 13.8 Å². The summed E-state index contributed by atoms with van der Waals surface area (Å²) in [6, 6.07) is 0. The summed E-state index contributed by atoms with van der Waals surface area (Å²) >= 11 is 0.668. The molecule has 18 heavy (non-hydrogen) atoms. The highest BCUT2D eigenvalue weighted by molar-refractivity contribution is 7.91. The highest BCUT2D eigenvalue weighted by Crippen LogP contribution is 2.14. The van der Waals surface area contributed by atoms with E-state index < -0.39 is 16.1 Å². The molecule has 0 aliphatic heterocycles. The molecular formula is C9H17N3O4S2. The van der Waals surface area contributed by atoms with E-state index in [1.54, 1.807) is 6.92 Å². The number of hydrogen-bond donors (Lipinski definition) is 4. The van der Waals surface area contributed by atoms with Crippen molar-refractivity contribution in [2.24, 2.45) is 0 Å². The van der Waals surface area contributed by atoms with Crippen LogP contribution in [-0.4, -0.2) is 44.2 Å². The van der Waals surface area contributed by atoms with Crippen LogP contribution in [-0.2, 0) is 10.0 Å². The first-order valence-corrected chi connectivity index (χ1v) is 7.71. The second-order valence-electron chi connectivity index (χ2n) is 3.88. The molecule has 1 aromatic heterocycles. The zero-order chi connectivity index (χ0) is 13.8. The van der Waals surface area contributed by atoms with Crippen molar-refractivity contribution in [2.75, 3.05) is 19.6 Å². The number of aliphatic hydroxyl groups excluding tert-OH is 1. The normalized spacial score (nSPS) is 13.7. The number of sulfonamides is 1. The van der Waals surface area contributed by atoms with Crippen molar-refractivity contribution in [1.82, 2.24) is 15.0 Å². The SMILES string of the molecule is Cc1[nH]c(=O)sc1S(=O)(=O)NCCNCC(C)O. The molecular weight excluding hydrogens is 278 g/mol. The first kappa shape index (κ1) is 15.3. The third-order valence-electron chi connectivity index (χ3n) is 2.06. The number of rotatable bonds is 7. The van der Waals surface area contributed by atoms with E-state index in [1.165, 1.54) is 6.92 Å². The van der Waals surface area contributed by atoms with Crippen LogP contribution in [0.5, 0.6) is 0 Å². The molecule has 1 unspecified atom stereocenters. The van der Waals surface area contributed by atoms with Gasteiger partial charge in [0, 0.05) is 25.3 Å². The van der Waals surface area contributed by atoms with Crippen LogP contribution >= 0.6 is 11.3 Å². The van der Waals surface area contributed by atoms with Gasteiger partial charge in [-0.2, -0.15) is 0 Å². The fourth-order valence-electron chi connectivity index (χ4n) is 1.30. The van der Waals surface area contributed by atoms with E-state index in [4.69, 9.17) is 5.11 Å². The zero-order valence-electron chi connectivity index (χ0n) is 10.2. The molecule has 1 rings (SSSR count). The molecule has 1 atom stereocenters. The minimum atomic E-state index is -3.64. The summed E-state index contributed by atoms with van der Waals surface area (Å²) in [6.45, 7) is 4.18. The second-order valence-corrected chi connectivity index (χ2v) is 6.82. The third-order valence-corrected chi connectivity index (χ3v) is 5.12. The summed E-state index contributed by atoms with van der Waals surface area (Å²) in [6.07, 6.45) is -0.473. The van der Waals surface area contributed by atoms with Crippen molar-refractivity contribution in [1.29, 1.82) is 0 Å². The smallest absolute Gasteiger partial charge is 0.305 e. The van der Waals surface area contributed by atoms with E-state index in [-0.39, 0.29) is 15.6 Å². The Kier molecular flexibility index (Phi) is 5.47. The maximum absolute atomic E-state index is 11.8. The Balaban J connectivity index is 2.51. The van der Waals surface area contributed by atoms with Gasteiger partial charge in [-0.15, -0.1) is 0 Å². The molecule has 0 radical (unpaired) electrons. The average molecular weight is 295 g/mol. The van der Waals surface area contributed by atoms with Gasteiger partial charge in [-0.1, -0.05) is 11.3 Å². The Morgan fingerprint density at radius 1 is 1.44 bits per heavy atom. The van der Waals surface area contributed by atoms with Crippen molar-refractivity contribution >= 4 is 21.4 Å². The number of aryl methyl sites for hydroxylation is 1. The Labute approximate surface area is 109 Å². The maximum atomic E-state index is 11.8. The van der Waals surface area contributed by atoms with Crippen LogP contribution in [0.15, 0.2) is 9.00 Å². The summed E-state index contributed by atoms with van der Waals surface area (Å²) in [7, 11) is -3.64. The average Bonchev–Trinajstić information content (AvgIpc) is 2.57. The van der Waals surface area contributed by atoms with Crippen LogP contribution < -0.4 is 14.9 Å². The van der Waals surface area contributed by atoms with Gasteiger partial charge in [0.2, 0.25) is 0 Å². The van der Waals surface area contributed by atoms with Gasteiger partial charge in [-0.25, -0.2) is 13.1 Å². The fourth-order valence-corrected chi connectivity index (χ4v) is 3.67. The summed E-state index contributed by atoms with van der Waals surface area (Å²) in [5.74, 6) is 0. The Hall–Kier alpha value is -0.740. The molecule has 7 nitrogen and oxygen atoms in total. The maximum Gasteiger partial charge on any atom is 0.305 e. The van der Waals surface area contributed by atoms with Crippen molar-refractivity contribution < 1.29 is 13.5 Å². The fraction of sp³-hybridized carbons (Fsp3) is 0.667. The summed E-state index contributed by atoms with van der Waals surface area (Å²) in [5.41, 5.74) is 0.342. The number of H-pyrrole nitrogens is 1. The molecule has 9 heteroatoms. The van der Waals surface area contributed by atoms with Crippen LogP contribution in [0.25, 0.3) is 0 Å². The number of thiazole rings is 1. The molecule has 0 aliphatic carbocycles. The predicted molar refractivity (Wildman–Crippen MR) is 69.4 cm³/mol. The minimum Gasteiger partial charge on any atom is -0.392 e. The highest BCUT2D eigenvalue weighted by atomic mass is 32.2. The van der Waals surface area contributed by atoms with Gasteiger partial charge < -0.3 is 15.4 Å². The van der Waals surface area contributed by atoms with Crippen LogP contribution in [0.4, 0.5) is 0 Å². The first-order valence-electron chi connectivity index (χ1n) is 5.41. The summed E-state index contributed by atoms with van der Waals surface area (Å²) in [5, 5.41) is 11.9. The summed E-state index contributed by atoms with van der Waals surface area (Å²) in [4.78, 5) is 13.1. The zero-order valence-corrected chi connectivity index (χ0v) is 11.8. The first-order chi connectivity index (χ1) is 8.33. The number of aliphatic hydroxyl groups is 1. The van der Waals surface area contributed by atoms with Gasteiger partial charge in [0.05, 0.1) is 6.10 Å². The molecule has 0 bridgehead atoms. The lowest BCUT2D eigenvalue weighted by molar-refractivity contribution is 0.192. The second kappa shape index (κ2) is 6.43. The lowest BCUT2D eigenvalue weighted by Crippen LogP contribution is -2.34. The standard InChI is InChI=1S/C9H17N3O4S2/c1-6(13)5-10-3-4-11-18(15,16)8-7(2)12-9(14)17-8/h6,10-11,13H,3-5H2,1-2H3,(H,12,14). The van der Waals surface area contributed by atoms with E-state index >= 15 is 0 Å². The lowest BCUT2D eigenvalue weighted by Gasteiger charge is -2.08. The molecule has 1 heterocycles. The predicted octanol–water partition coefficient (Wildman–Crippen LogP) is -1.01. The van der Waals surface area contributed by atoms with Crippen molar-refractivity contribution in [3.63, 3.8) is 0 Å². The number of hydrogen-bond acceptors (Lipinski definition) is 6. The molecule has 0 aliphatic rings. The van der Waals surface area contributed by atoms with Crippen LogP contribution in [0.2, 0.25) is 0 Å². The van der Waals surface area contributed by atoms with Gasteiger partial charge in [0.1, 0.15) is 0 Å². The molecule has 104 valence electrons. The third kappa shape index (κ3) is 4.50. The summed E-state index contributed by atoms with van der Waals surface area (Å²) < 4.78 is 26.1.